The van der Waals surface area contributed by atoms with Crippen LogP contribution in [0.25, 0.3) is 0 Å². The molecule has 0 aliphatic rings. The smallest absolute Gasteiger partial charge is 0.822 e. The van der Waals surface area contributed by atoms with Gasteiger partial charge in [-0.2, -0.15) is 7.82 Å². The molecule has 11 heteroatoms. The van der Waals surface area contributed by atoms with Gasteiger partial charge in [-0.1, -0.05) is 0 Å². The van der Waals surface area contributed by atoms with E-state index in [-0.39, 0.29) is 17.4 Å². The first kappa shape index (κ1) is 17.7. The first-order valence-electron chi connectivity index (χ1n) is 1.51. The molecule has 0 amide bonds. The van der Waals surface area contributed by atoms with E-state index in [0.717, 1.165) is 0 Å². The molecule has 64 valence electrons. The van der Waals surface area contributed by atoms with Crippen molar-refractivity contribution in [1.82, 2.24) is 0 Å². The summed E-state index contributed by atoms with van der Waals surface area (Å²) in [6.45, 7) is 0. The molecular weight excluding hydrogens is 217 g/mol. The molecule has 0 saturated carbocycles. The van der Waals surface area contributed by atoms with Gasteiger partial charge in [0.05, 0.1) is 0 Å². The molecule has 0 aliphatic heterocycles. The molecule has 0 aromatic heterocycles. The zero-order valence-corrected chi connectivity index (χ0v) is 7.80. The van der Waals surface area contributed by atoms with Crippen LogP contribution in [0, 0.1) is 0 Å². The van der Waals surface area contributed by atoms with Crippen molar-refractivity contribution in [2.75, 3.05) is 0 Å². The molecule has 0 aliphatic carbocycles. The first-order chi connectivity index (χ1) is 4.00. The van der Waals surface area contributed by atoms with Crippen molar-refractivity contribution in [2.24, 2.45) is 0 Å². The Morgan fingerprint density at radius 1 is 0.909 bits per heavy atom. The molecule has 0 spiro atoms. The maximum absolute atomic E-state index is 8.88. The van der Waals surface area contributed by atoms with Crippen LogP contribution in [0.15, 0.2) is 0 Å². The second kappa shape index (κ2) is 6.29. The first-order valence-corrected chi connectivity index (χ1v) is 4.54. The molecule has 0 bridgehead atoms. The van der Waals surface area contributed by atoms with E-state index >= 15 is 0 Å². The van der Waals surface area contributed by atoms with Crippen LogP contribution < -0.4 is 14.7 Å². The predicted molar refractivity (Wildman–Crippen MR) is 27.6 cm³/mol. The minimum atomic E-state index is -5.39. The molecule has 3 N–H and O–H groups in total. The Hall–Kier alpha value is 0.752. The molecule has 0 unspecified atom stereocenters. The Labute approximate surface area is 72.1 Å². The molecule has 0 saturated heterocycles. The Morgan fingerprint density at radius 2 is 0.909 bits per heavy atom. The summed E-state index contributed by atoms with van der Waals surface area (Å²) in [4.78, 5) is 47.2. The fraction of sp³-hybridized carbons (Fsp3) is 0. The van der Waals surface area contributed by atoms with E-state index in [9.17, 15) is 0 Å². The average Bonchev–Trinajstić information content (AvgIpc) is 1.12. The number of hydrogen-bond acceptors (Lipinski definition) is 5. The van der Waals surface area contributed by atoms with Crippen LogP contribution in [0.2, 0.25) is 0 Å². The minimum Gasteiger partial charge on any atom is -0.822 e. The zero-order chi connectivity index (χ0) is 9.00. The molecular formula is H3AlO8P2. The quantitative estimate of drug-likeness (QED) is 0.273. The van der Waals surface area contributed by atoms with Crippen molar-refractivity contribution in [3.05, 3.63) is 0 Å². The molecule has 0 atom stereocenters. The summed E-state index contributed by atoms with van der Waals surface area (Å²) >= 11 is 0. The van der Waals surface area contributed by atoms with Gasteiger partial charge in [0.15, 0.2) is 0 Å². The summed E-state index contributed by atoms with van der Waals surface area (Å²) in [6, 6.07) is 0. The number of hydrogen-bond donors (Lipinski definition) is 3. The summed E-state index contributed by atoms with van der Waals surface area (Å²) in [5, 5.41) is 0. The van der Waals surface area contributed by atoms with E-state index < -0.39 is 15.6 Å². The van der Waals surface area contributed by atoms with Gasteiger partial charge >= 0.3 is 25.2 Å². The van der Waals surface area contributed by atoms with Crippen molar-refractivity contribution in [3.63, 3.8) is 0 Å². The van der Waals surface area contributed by atoms with Crippen LogP contribution in [0.4, 0.5) is 0 Å². The summed E-state index contributed by atoms with van der Waals surface area (Å²) in [5.74, 6) is 0. The fourth-order valence-corrected chi connectivity index (χ4v) is 0. The average molecular weight is 220 g/mol. The van der Waals surface area contributed by atoms with Gasteiger partial charge in [-0.15, -0.1) is 0 Å². The van der Waals surface area contributed by atoms with Gasteiger partial charge in [0.2, 0.25) is 0 Å². The maximum atomic E-state index is 8.88. The van der Waals surface area contributed by atoms with Crippen molar-refractivity contribution in [2.45, 2.75) is 0 Å². The molecule has 0 fully saturated rings. The van der Waals surface area contributed by atoms with Crippen LogP contribution in [0.5, 0.6) is 0 Å². The molecule has 0 rings (SSSR count). The second-order valence-corrected chi connectivity index (χ2v) is 2.88. The van der Waals surface area contributed by atoms with Crippen molar-refractivity contribution >= 4 is 33.0 Å². The van der Waals surface area contributed by atoms with Crippen molar-refractivity contribution in [3.8, 4) is 0 Å². The summed E-state index contributed by atoms with van der Waals surface area (Å²) in [6.07, 6.45) is 0. The Bertz CT molecular complexity index is 124. The molecule has 0 radical (unpaired) electrons. The van der Waals surface area contributed by atoms with Gasteiger partial charge in [0, 0.05) is 0 Å². The number of phosphoric acid groups is 2. The van der Waals surface area contributed by atoms with Crippen LogP contribution in [0.1, 0.15) is 0 Å². The van der Waals surface area contributed by atoms with Crippen LogP contribution in [-0.2, 0) is 9.13 Å². The van der Waals surface area contributed by atoms with E-state index in [0.29, 0.717) is 0 Å². The molecule has 8 nitrogen and oxygen atoms in total. The van der Waals surface area contributed by atoms with Gasteiger partial charge in [-0.3, -0.25) is 0 Å². The van der Waals surface area contributed by atoms with E-state index in [1.807, 2.05) is 0 Å². The number of rotatable bonds is 0. The maximum Gasteiger partial charge on any atom is 3.00 e. The van der Waals surface area contributed by atoms with Crippen LogP contribution in [-0.4, -0.2) is 32.0 Å². The molecule has 0 aromatic rings. The topological polar surface area (TPSA) is 164 Å². The van der Waals surface area contributed by atoms with E-state index in [1.165, 1.54) is 0 Å². The standard InChI is InChI=1S/Al.2H3O4P/c;2*1-5(2,3)4/h;2*(H3,1,2,3,4)/q+3;;/p-3. The monoisotopic (exact) mass is 220 g/mol. The third-order valence-corrected chi connectivity index (χ3v) is 0. The normalized spacial score (nSPS) is 10.7. The van der Waals surface area contributed by atoms with Gasteiger partial charge in [0.1, 0.15) is 0 Å². The van der Waals surface area contributed by atoms with Gasteiger partial charge < -0.3 is 33.9 Å². The molecule has 0 aromatic carbocycles. The fourth-order valence-electron chi connectivity index (χ4n) is 0. The predicted octanol–water partition coefficient (Wildman–Crippen LogP) is -4.13. The van der Waals surface area contributed by atoms with Crippen LogP contribution in [0.3, 0.4) is 0 Å². The summed E-state index contributed by atoms with van der Waals surface area (Å²) < 4.78 is 17.4. The van der Waals surface area contributed by atoms with Gasteiger partial charge in [-0.25, -0.2) is 4.57 Å². The van der Waals surface area contributed by atoms with Crippen LogP contribution >= 0.6 is 15.6 Å². The second-order valence-electron chi connectivity index (χ2n) is 0.960. The van der Waals surface area contributed by atoms with Gasteiger partial charge in [0.25, 0.3) is 0 Å². The zero-order valence-electron chi connectivity index (χ0n) is 4.85. The summed E-state index contributed by atoms with van der Waals surface area (Å²) in [7, 11) is -10.0. The SMILES string of the molecule is O=P(O)(O)O.O=P([O-])([O-])[O-].[Al+3]. The third-order valence-electron chi connectivity index (χ3n) is 0. The third kappa shape index (κ3) is 1450. The summed E-state index contributed by atoms with van der Waals surface area (Å²) in [5.41, 5.74) is 0. The molecule has 0 heterocycles. The Morgan fingerprint density at radius 3 is 0.909 bits per heavy atom. The Kier molecular flexibility index (Phi) is 10.1. The minimum absolute atomic E-state index is 0. The largest absolute Gasteiger partial charge is 3.00 e. The van der Waals surface area contributed by atoms with E-state index in [4.69, 9.17) is 38.5 Å². The van der Waals surface area contributed by atoms with Crippen molar-refractivity contribution < 1.29 is 38.5 Å². The molecule has 11 heavy (non-hydrogen) atoms. The van der Waals surface area contributed by atoms with E-state index in [1.54, 1.807) is 0 Å². The van der Waals surface area contributed by atoms with E-state index in [2.05, 4.69) is 0 Å². The van der Waals surface area contributed by atoms with Gasteiger partial charge in [-0.05, 0) is 0 Å². The Balaban J connectivity index is -0.000000107. The van der Waals surface area contributed by atoms with Crippen molar-refractivity contribution in [1.29, 1.82) is 0 Å².